The fourth-order valence-corrected chi connectivity index (χ4v) is 3.72. The van der Waals surface area contributed by atoms with Crippen molar-refractivity contribution in [2.75, 3.05) is 0 Å². The molecule has 1 saturated heterocycles. The molecule has 2 amide bonds. The number of carbonyl (C=O) groups excluding carboxylic acids is 2. The SMILES string of the molecule is O=C1C2CC2C(=O)N1Cc1cnc(-c2cc(F)c(F)c(O)c2F)s1. The molecule has 1 aliphatic heterocycles. The number of imide groups is 1. The number of aromatic nitrogens is 1. The highest BCUT2D eigenvalue weighted by Crippen LogP contribution is 2.47. The molecule has 2 aliphatic rings. The van der Waals surface area contributed by atoms with Crippen LogP contribution < -0.4 is 0 Å². The lowest BCUT2D eigenvalue weighted by molar-refractivity contribution is -0.141. The Balaban J connectivity index is 1.62. The van der Waals surface area contributed by atoms with Gasteiger partial charge in [-0.2, -0.15) is 4.39 Å². The van der Waals surface area contributed by atoms with Crippen LogP contribution >= 0.6 is 11.3 Å². The van der Waals surface area contributed by atoms with E-state index in [1.54, 1.807) is 0 Å². The number of benzene rings is 1. The highest BCUT2D eigenvalue weighted by molar-refractivity contribution is 7.15. The van der Waals surface area contributed by atoms with Gasteiger partial charge in [0.05, 0.1) is 23.9 Å². The summed E-state index contributed by atoms with van der Waals surface area (Å²) in [6.07, 6.45) is 1.93. The van der Waals surface area contributed by atoms with Gasteiger partial charge in [0.1, 0.15) is 5.01 Å². The predicted molar refractivity (Wildman–Crippen MR) is 76.2 cm³/mol. The van der Waals surface area contributed by atoms with Crippen LogP contribution in [0.2, 0.25) is 0 Å². The Bertz CT molecular complexity index is 878. The van der Waals surface area contributed by atoms with Crippen LogP contribution in [0.25, 0.3) is 10.6 Å². The highest BCUT2D eigenvalue weighted by Gasteiger charge is 2.58. The molecular weight excluding hydrogens is 345 g/mol. The Morgan fingerprint density at radius 3 is 2.54 bits per heavy atom. The minimum Gasteiger partial charge on any atom is -0.503 e. The Hall–Kier alpha value is -2.42. The number of halogens is 3. The average Bonchev–Trinajstić information content (AvgIpc) is 3.17. The molecule has 2 aromatic rings. The van der Waals surface area contributed by atoms with Gasteiger partial charge < -0.3 is 5.11 Å². The number of likely N-dealkylation sites (tertiary alicyclic amines) is 1. The van der Waals surface area contributed by atoms with Crippen LogP contribution in [0.15, 0.2) is 12.3 Å². The molecule has 2 unspecified atom stereocenters. The zero-order valence-corrected chi connectivity index (χ0v) is 12.7. The molecule has 1 aliphatic carbocycles. The third-order valence-corrected chi connectivity index (χ3v) is 5.20. The molecule has 9 heteroatoms. The Kier molecular flexibility index (Phi) is 3.17. The van der Waals surface area contributed by atoms with Gasteiger partial charge >= 0.3 is 0 Å². The number of phenolic OH excluding ortho intramolecular Hbond substituents is 1. The third-order valence-electron chi connectivity index (χ3n) is 4.19. The minimum atomic E-state index is -1.67. The summed E-state index contributed by atoms with van der Waals surface area (Å²) in [5.41, 5.74) is -0.385. The first-order valence-electron chi connectivity index (χ1n) is 7.05. The molecule has 0 radical (unpaired) electrons. The van der Waals surface area contributed by atoms with Crippen LogP contribution in [-0.2, 0) is 16.1 Å². The lowest BCUT2D eigenvalue weighted by atomic mass is 10.2. The molecule has 0 spiro atoms. The van der Waals surface area contributed by atoms with E-state index in [2.05, 4.69) is 4.98 Å². The van der Waals surface area contributed by atoms with E-state index in [1.165, 1.54) is 6.20 Å². The summed E-state index contributed by atoms with van der Waals surface area (Å²) in [6, 6.07) is 0.606. The van der Waals surface area contributed by atoms with Gasteiger partial charge in [0.25, 0.3) is 0 Å². The fraction of sp³-hybridized carbons (Fsp3) is 0.267. The first-order chi connectivity index (χ1) is 11.4. The maximum absolute atomic E-state index is 13.9. The average molecular weight is 354 g/mol. The van der Waals surface area contributed by atoms with Crippen LogP contribution in [0.1, 0.15) is 11.3 Å². The van der Waals surface area contributed by atoms with E-state index < -0.39 is 23.2 Å². The Labute approximate surface area is 137 Å². The first-order valence-corrected chi connectivity index (χ1v) is 7.87. The predicted octanol–water partition coefficient (Wildman–Crippen LogP) is 2.44. The molecule has 124 valence electrons. The van der Waals surface area contributed by atoms with Crippen molar-refractivity contribution >= 4 is 23.2 Å². The van der Waals surface area contributed by atoms with Gasteiger partial charge in [-0.25, -0.2) is 13.8 Å². The number of aromatic hydroxyl groups is 1. The van der Waals surface area contributed by atoms with Gasteiger partial charge in [-0.15, -0.1) is 11.3 Å². The van der Waals surface area contributed by atoms with Crippen LogP contribution in [0.5, 0.6) is 5.75 Å². The van der Waals surface area contributed by atoms with Crippen molar-refractivity contribution < 1.29 is 27.9 Å². The number of hydrogen-bond donors (Lipinski definition) is 1. The summed E-state index contributed by atoms with van der Waals surface area (Å²) in [5.74, 6) is -6.67. The summed E-state index contributed by atoms with van der Waals surface area (Å²) in [4.78, 5) is 29.4. The molecule has 2 atom stereocenters. The number of hydrogen-bond acceptors (Lipinski definition) is 5. The summed E-state index contributed by atoms with van der Waals surface area (Å²) in [6.45, 7) is 0.0135. The minimum absolute atomic E-state index is 0.0135. The van der Waals surface area contributed by atoms with Gasteiger partial charge in [0.15, 0.2) is 17.4 Å². The van der Waals surface area contributed by atoms with Crippen LogP contribution in [0, 0.1) is 29.3 Å². The molecule has 2 fully saturated rings. The number of thiazole rings is 1. The number of carbonyl (C=O) groups is 2. The number of fused-ring (bicyclic) bond motifs is 1. The number of rotatable bonds is 3. The van der Waals surface area contributed by atoms with Gasteiger partial charge in [-0.3, -0.25) is 14.5 Å². The maximum atomic E-state index is 13.9. The summed E-state index contributed by atoms with van der Waals surface area (Å²) < 4.78 is 40.4. The molecule has 1 aromatic carbocycles. The molecular formula is C15H9F3N2O3S. The van der Waals surface area contributed by atoms with Gasteiger partial charge in [-0.1, -0.05) is 0 Å². The van der Waals surface area contributed by atoms with E-state index in [0.29, 0.717) is 17.4 Å². The van der Waals surface area contributed by atoms with Crippen molar-refractivity contribution in [2.24, 2.45) is 11.8 Å². The molecule has 5 nitrogen and oxygen atoms in total. The molecule has 0 bridgehead atoms. The standard InChI is InChI=1S/C15H9F3N2O3S/c16-9-2-8(10(17)12(21)11(9)18)13-19-3-5(24-13)4-20-14(22)6-1-7(6)15(20)23/h2-3,6-7,21H,1,4H2. The van der Waals surface area contributed by atoms with Crippen molar-refractivity contribution in [1.29, 1.82) is 0 Å². The summed E-state index contributed by atoms with van der Waals surface area (Å²) >= 11 is 0.933. The smallest absolute Gasteiger partial charge is 0.233 e. The monoisotopic (exact) mass is 354 g/mol. The second kappa shape index (κ2) is 5.04. The van der Waals surface area contributed by atoms with Crippen molar-refractivity contribution in [3.8, 4) is 16.3 Å². The topological polar surface area (TPSA) is 70.5 Å². The van der Waals surface area contributed by atoms with E-state index in [9.17, 15) is 27.9 Å². The Morgan fingerprint density at radius 2 is 1.88 bits per heavy atom. The second-order valence-electron chi connectivity index (χ2n) is 5.73. The van der Waals surface area contributed by atoms with Gasteiger partial charge in [0, 0.05) is 11.1 Å². The van der Waals surface area contributed by atoms with E-state index >= 15 is 0 Å². The van der Waals surface area contributed by atoms with Crippen molar-refractivity contribution in [3.63, 3.8) is 0 Å². The molecule has 2 heterocycles. The quantitative estimate of drug-likeness (QED) is 0.679. The van der Waals surface area contributed by atoms with Crippen LogP contribution in [-0.4, -0.2) is 26.8 Å². The number of piperidine rings is 1. The largest absolute Gasteiger partial charge is 0.503 e. The molecule has 1 N–H and O–H groups in total. The second-order valence-corrected chi connectivity index (χ2v) is 6.84. The lowest BCUT2D eigenvalue weighted by Crippen LogP contribution is -2.31. The van der Waals surface area contributed by atoms with Crippen LogP contribution in [0.3, 0.4) is 0 Å². The van der Waals surface area contributed by atoms with Gasteiger partial charge in [0.2, 0.25) is 17.6 Å². The number of phenols is 1. The molecule has 24 heavy (non-hydrogen) atoms. The van der Waals surface area contributed by atoms with Crippen molar-refractivity contribution in [2.45, 2.75) is 13.0 Å². The Morgan fingerprint density at radius 1 is 1.21 bits per heavy atom. The van der Waals surface area contributed by atoms with E-state index in [0.717, 1.165) is 16.2 Å². The van der Waals surface area contributed by atoms with Gasteiger partial charge in [-0.05, 0) is 12.5 Å². The number of amides is 2. The zero-order chi connectivity index (χ0) is 17.2. The first kappa shape index (κ1) is 15.1. The fourth-order valence-electron chi connectivity index (χ4n) is 2.81. The lowest BCUT2D eigenvalue weighted by Gasteiger charge is -2.14. The molecule has 1 aromatic heterocycles. The molecule has 1 saturated carbocycles. The van der Waals surface area contributed by atoms with E-state index in [4.69, 9.17) is 0 Å². The third kappa shape index (κ3) is 2.11. The van der Waals surface area contributed by atoms with Crippen molar-refractivity contribution in [1.82, 2.24) is 9.88 Å². The normalized spacial score (nSPS) is 22.2. The molecule has 4 rings (SSSR count). The zero-order valence-electron chi connectivity index (χ0n) is 11.9. The van der Waals surface area contributed by atoms with Crippen molar-refractivity contribution in [3.05, 3.63) is 34.6 Å². The highest BCUT2D eigenvalue weighted by atomic mass is 32.1. The maximum Gasteiger partial charge on any atom is 0.233 e. The number of nitrogens with zero attached hydrogens (tertiary/aromatic N) is 2. The van der Waals surface area contributed by atoms with E-state index in [1.807, 2.05) is 0 Å². The summed E-state index contributed by atoms with van der Waals surface area (Å²) in [5, 5.41) is 9.27. The van der Waals surface area contributed by atoms with Crippen LogP contribution in [0.4, 0.5) is 13.2 Å². The summed E-state index contributed by atoms with van der Waals surface area (Å²) in [7, 11) is 0. The van der Waals surface area contributed by atoms with E-state index in [-0.39, 0.29) is 40.8 Å².